The van der Waals surface area contributed by atoms with E-state index in [1.165, 1.54) is 23.7 Å². The minimum Gasteiger partial charge on any atom is -0.324 e. The highest BCUT2D eigenvalue weighted by molar-refractivity contribution is 7.89. The van der Waals surface area contributed by atoms with Crippen molar-refractivity contribution in [2.75, 3.05) is 0 Å². The maximum atomic E-state index is 12.2. The highest BCUT2D eigenvalue weighted by atomic mass is 35.5. The first kappa shape index (κ1) is 13.8. The molecule has 1 aliphatic rings. The van der Waals surface area contributed by atoms with Crippen molar-refractivity contribution in [3.63, 3.8) is 0 Å². The fraction of sp³-hybridized carbons (Fsp3) is 0.727. The lowest BCUT2D eigenvalue weighted by molar-refractivity contribution is 0.423. The second-order valence-electron chi connectivity index (χ2n) is 4.91. The predicted molar refractivity (Wildman–Crippen MR) is 70.0 cm³/mol. The van der Waals surface area contributed by atoms with Crippen molar-refractivity contribution in [3.8, 4) is 0 Å². The van der Waals surface area contributed by atoms with Crippen molar-refractivity contribution in [3.05, 3.63) is 11.5 Å². The molecule has 0 saturated heterocycles. The summed E-state index contributed by atoms with van der Waals surface area (Å²) < 4.78 is 28.5. The van der Waals surface area contributed by atoms with E-state index < -0.39 is 10.0 Å². The van der Waals surface area contributed by atoms with Gasteiger partial charge in [0, 0.05) is 13.1 Å². The van der Waals surface area contributed by atoms with Crippen LogP contribution in [0.15, 0.2) is 11.4 Å². The third-order valence-corrected chi connectivity index (χ3v) is 5.58. The fourth-order valence-electron chi connectivity index (χ4n) is 2.43. The van der Waals surface area contributed by atoms with E-state index in [0.717, 1.165) is 12.8 Å². The number of imidazole rings is 1. The van der Waals surface area contributed by atoms with Crippen molar-refractivity contribution < 1.29 is 8.42 Å². The van der Waals surface area contributed by atoms with Crippen molar-refractivity contribution in [2.45, 2.75) is 43.7 Å². The van der Waals surface area contributed by atoms with E-state index in [-0.39, 0.29) is 16.2 Å². The van der Waals surface area contributed by atoms with Gasteiger partial charge < -0.3 is 4.57 Å². The molecule has 0 aliphatic heterocycles. The van der Waals surface area contributed by atoms with E-state index in [9.17, 15) is 8.42 Å². The van der Waals surface area contributed by atoms with Gasteiger partial charge in [0.2, 0.25) is 5.03 Å². The van der Waals surface area contributed by atoms with Crippen LogP contribution >= 0.6 is 11.6 Å². The number of sulfonamides is 1. The van der Waals surface area contributed by atoms with Gasteiger partial charge in [-0.3, -0.25) is 0 Å². The second kappa shape index (κ2) is 5.19. The zero-order valence-corrected chi connectivity index (χ0v) is 12.1. The van der Waals surface area contributed by atoms with Crippen LogP contribution in [0.3, 0.4) is 0 Å². The smallest absolute Gasteiger partial charge is 0.261 e. The molecule has 1 aromatic rings. The van der Waals surface area contributed by atoms with Crippen LogP contribution in [0.5, 0.6) is 0 Å². The summed E-state index contributed by atoms with van der Waals surface area (Å²) in [7, 11) is -1.96. The van der Waals surface area contributed by atoms with Crippen LogP contribution in [-0.4, -0.2) is 24.0 Å². The minimum absolute atomic E-state index is 0.0735. The maximum Gasteiger partial charge on any atom is 0.261 e. The number of aryl methyl sites for hydroxylation is 1. The molecule has 1 unspecified atom stereocenters. The van der Waals surface area contributed by atoms with Crippen LogP contribution in [0.25, 0.3) is 0 Å². The third-order valence-electron chi connectivity index (χ3n) is 3.54. The van der Waals surface area contributed by atoms with E-state index in [0.29, 0.717) is 5.92 Å². The van der Waals surface area contributed by atoms with E-state index in [1.54, 1.807) is 7.05 Å². The van der Waals surface area contributed by atoms with Crippen molar-refractivity contribution >= 4 is 21.6 Å². The molecule has 1 aliphatic carbocycles. The number of hydrogen-bond acceptors (Lipinski definition) is 3. The number of halogens is 1. The van der Waals surface area contributed by atoms with Gasteiger partial charge in [-0.1, -0.05) is 24.4 Å². The lowest BCUT2D eigenvalue weighted by Gasteiger charge is -2.19. The molecule has 1 atom stereocenters. The van der Waals surface area contributed by atoms with Crippen LogP contribution < -0.4 is 4.72 Å². The average Bonchev–Trinajstić information content (AvgIpc) is 2.89. The molecule has 0 aromatic carbocycles. The van der Waals surface area contributed by atoms with Crippen molar-refractivity contribution in [1.29, 1.82) is 0 Å². The highest BCUT2D eigenvalue weighted by Crippen LogP contribution is 2.28. The lowest BCUT2D eigenvalue weighted by Crippen LogP contribution is -2.37. The number of nitrogens with zero attached hydrogens (tertiary/aromatic N) is 2. The Labute approximate surface area is 113 Å². The molecular weight excluding hydrogens is 274 g/mol. The van der Waals surface area contributed by atoms with Crippen LogP contribution in [0.4, 0.5) is 0 Å². The second-order valence-corrected chi connectivity index (χ2v) is 6.89. The molecule has 0 bridgehead atoms. The van der Waals surface area contributed by atoms with Crippen LogP contribution in [0.2, 0.25) is 5.15 Å². The van der Waals surface area contributed by atoms with Gasteiger partial charge >= 0.3 is 0 Å². The molecule has 102 valence electrons. The first-order valence-electron chi connectivity index (χ1n) is 6.11. The normalized spacial score (nSPS) is 19.3. The van der Waals surface area contributed by atoms with Gasteiger partial charge in [0.25, 0.3) is 10.0 Å². The van der Waals surface area contributed by atoms with E-state index in [1.807, 2.05) is 6.92 Å². The Bertz CT molecular complexity index is 520. The molecular formula is C11H18ClN3O2S. The maximum absolute atomic E-state index is 12.2. The quantitative estimate of drug-likeness (QED) is 0.922. The molecule has 0 amide bonds. The van der Waals surface area contributed by atoms with Gasteiger partial charge in [-0.25, -0.2) is 18.1 Å². The summed E-state index contributed by atoms with van der Waals surface area (Å²) in [5, 5.41) is 0.0534. The van der Waals surface area contributed by atoms with Crippen LogP contribution in [0, 0.1) is 5.92 Å². The molecule has 1 aromatic heterocycles. The Morgan fingerprint density at radius 3 is 2.61 bits per heavy atom. The van der Waals surface area contributed by atoms with Crippen LogP contribution in [0.1, 0.15) is 32.6 Å². The molecule has 18 heavy (non-hydrogen) atoms. The Morgan fingerprint density at radius 2 is 2.11 bits per heavy atom. The highest BCUT2D eigenvalue weighted by Gasteiger charge is 2.29. The van der Waals surface area contributed by atoms with Gasteiger partial charge in [0.05, 0.1) is 6.33 Å². The Kier molecular flexibility index (Phi) is 3.99. The summed E-state index contributed by atoms with van der Waals surface area (Å²) in [5.74, 6) is 0.419. The summed E-state index contributed by atoms with van der Waals surface area (Å²) in [5.41, 5.74) is 0. The minimum atomic E-state index is -3.62. The number of rotatable bonds is 4. The van der Waals surface area contributed by atoms with E-state index in [4.69, 9.17) is 11.6 Å². The molecule has 5 nitrogen and oxygen atoms in total. The predicted octanol–water partition coefficient (Wildman–Crippen LogP) is 1.93. The van der Waals surface area contributed by atoms with E-state index >= 15 is 0 Å². The fourth-order valence-corrected chi connectivity index (χ4v) is 4.17. The molecule has 1 N–H and O–H groups in total. The summed E-state index contributed by atoms with van der Waals surface area (Å²) in [6.45, 7) is 1.91. The molecule has 1 saturated carbocycles. The van der Waals surface area contributed by atoms with Gasteiger partial charge in [-0.2, -0.15) is 0 Å². The zero-order chi connectivity index (χ0) is 13.3. The van der Waals surface area contributed by atoms with Crippen molar-refractivity contribution in [1.82, 2.24) is 14.3 Å². The standard InChI is InChI=1S/C11H18ClN3O2S/c1-8(9-5-3-4-6-9)14-18(16,17)11-10(12)15(2)7-13-11/h7-9,14H,3-6H2,1-2H3. The van der Waals surface area contributed by atoms with Crippen molar-refractivity contribution in [2.24, 2.45) is 13.0 Å². The van der Waals surface area contributed by atoms with E-state index in [2.05, 4.69) is 9.71 Å². The third kappa shape index (κ3) is 2.70. The topological polar surface area (TPSA) is 64.0 Å². The van der Waals surface area contributed by atoms with Crippen LogP contribution in [-0.2, 0) is 17.1 Å². The molecule has 2 rings (SSSR count). The van der Waals surface area contributed by atoms with Gasteiger partial charge in [0.1, 0.15) is 5.15 Å². The Balaban J connectivity index is 2.14. The summed E-state index contributed by atoms with van der Waals surface area (Å²) in [6.07, 6.45) is 5.93. The monoisotopic (exact) mass is 291 g/mol. The van der Waals surface area contributed by atoms with Gasteiger partial charge in [0.15, 0.2) is 0 Å². The van der Waals surface area contributed by atoms with Gasteiger partial charge in [-0.05, 0) is 25.7 Å². The zero-order valence-electron chi connectivity index (χ0n) is 10.6. The Hall–Kier alpha value is -0.590. The molecule has 1 heterocycles. The number of nitrogens with one attached hydrogen (secondary N) is 1. The first-order chi connectivity index (χ1) is 8.42. The molecule has 1 fully saturated rings. The Morgan fingerprint density at radius 1 is 1.50 bits per heavy atom. The first-order valence-corrected chi connectivity index (χ1v) is 7.97. The number of hydrogen-bond donors (Lipinski definition) is 1. The molecule has 7 heteroatoms. The average molecular weight is 292 g/mol. The largest absolute Gasteiger partial charge is 0.324 e. The summed E-state index contributed by atoms with van der Waals surface area (Å²) >= 11 is 5.92. The van der Waals surface area contributed by atoms with Gasteiger partial charge in [-0.15, -0.1) is 0 Å². The summed E-state index contributed by atoms with van der Waals surface area (Å²) in [6, 6.07) is -0.0735. The SMILES string of the molecule is CC(NS(=O)(=O)c1ncn(C)c1Cl)C1CCCC1. The number of aromatic nitrogens is 2. The summed E-state index contributed by atoms with van der Waals surface area (Å²) in [4.78, 5) is 3.85. The molecule has 0 spiro atoms. The molecule has 0 radical (unpaired) electrons. The lowest BCUT2D eigenvalue weighted by atomic mass is 10.0.